The van der Waals surface area contributed by atoms with E-state index in [0.717, 1.165) is 45.4 Å². The molecule has 2 unspecified atom stereocenters. The highest BCUT2D eigenvalue weighted by Gasteiger charge is 2.30. The minimum Gasteiger partial charge on any atom is -0.481 e. The van der Waals surface area contributed by atoms with Gasteiger partial charge in [0.05, 0.1) is 5.92 Å². The number of amides is 1. The molecule has 0 aliphatic carbocycles. The van der Waals surface area contributed by atoms with E-state index in [2.05, 4.69) is 5.32 Å². The molecule has 0 aromatic rings. The fourth-order valence-electron chi connectivity index (χ4n) is 2.95. The van der Waals surface area contributed by atoms with Crippen molar-refractivity contribution >= 4 is 11.9 Å². The van der Waals surface area contributed by atoms with Crippen LogP contribution in [0.2, 0.25) is 0 Å². The number of likely N-dealkylation sites (tertiary alicyclic amines) is 1. The van der Waals surface area contributed by atoms with Gasteiger partial charge in [-0.15, -0.1) is 0 Å². The minimum absolute atomic E-state index is 0.142. The first-order valence-corrected chi connectivity index (χ1v) is 6.88. The number of carbonyl (C=O) groups excluding carboxylic acids is 1. The van der Waals surface area contributed by atoms with E-state index < -0.39 is 5.97 Å². The largest absolute Gasteiger partial charge is 0.481 e. The molecule has 2 aliphatic heterocycles. The van der Waals surface area contributed by atoms with Crippen LogP contribution in [0.3, 0.4) is 0 Å². The van der Waals surface area contributed by atoms with Crippen LogP contribution < -0.4 is 5.32 Å². The van der Waals surface area contributed by atoms with Crippen LogP contribution in [0.25, 0.3) is 0 Å². The second kappa shape index (κ2) is 6.18. The molecule has 0 radical (unpaired) electrons. The zero-order valence-corrected chi connectivity index (χ0v) is 10.7. The molecular formula is C13H22N2O3. The molecule has 2 atom stereocenters. The summed E-state index contributed by atoms with van der Waals surface area (Å²) in [5.41, 5.74) is 0. The van der Waals surface area contributed by atoms with Crippen LogP contribution in [-0.4, -0.2) is 48.1 Å². The standard InChI is InChI=1S/C13H22N2O3/c16-12(17)4-3-10-2-1-7-15(9-10)13(18)11-5-6-14-8-11/h10-11,14H,1-9H2,(H,16,17). The quantitative estimate of drug-likeness (QED) is 0.775. The second-order valence-electron chi connectivity index (χ2n) is 5.41. The number of carboxylic acid groups (broad SMARTS) is 1. The maximum atomic E-state index is 12.3. The average Bonchev–Trinajstić information content (AvgIpc) is 2.89. The second-order valence-corrected chi connectivity index (χ2v) is 5.41. The van der Waals surface area contributed by atoms with Crippen LogP contribution >= 0.6 is 0 Å². The summed E-state index contributed by atoms with van der Waals surface area (Å²) in [6.45, 7) is 3.34. The molecule has 18 heavy (non-hydrogen) atoms. The number of hydrogen-bond acceptors (Lipinski definition) is 3. The highest BCUT2D eigenvalue weighted by Crippen LogP contribution is 2.23. The lowest BCUT2D eigenvalue weighted by Gasteiger charge is -2.34. The molecule has 0 bridgehead atoms. The number of rotatable bonds is 4. The van der Waals surface area contributed by atoms with Gasteiger partial charge in [0, 0.05) is 26.1 Å². The summed E-state index contributed by atoms with van der Waals surface area (Å²) < 4.78 is 0. The van der Waals surface area contributed by atoms with Gasteiger partial charge in [-0.3, -0.25) is 9.59 Å². The summed E-state index contributed by atoms with van der Waals surface area (Å²) in [6.07, 6.45) is 3.92. The summed E-state index contributed by atoms with van der Waals surface area (Å²) in [5, 5.41) is 11.9. The summed E-state index contributed by atoms with van der Waals surface area (Å²) in [6, 6.07) is 0. The lowest BCUT2D eigenvalue weighted by atomic mass is 9.92. The van der Waals surface area contributed by atoms with E-state index in [9.17, 15) is 9.59 Å². The van der Waals surface area contributed by atoms with Crippen molar-refractivity contribution in [2.24, 2.45) is 11.8 Å². The molecule has 102 valence electrons. The summed E-state index contributed by atoms with van der Waals surface area (Å²) in [5.74, 6) is 0.0369. The monoisotopic (exact) mass is 254 g/mol. The lowest BCUT2D eigenvalue weighted by Crippen LogP contribution is -2.43. The van der Waals surface area contributed by atoms with Crippen LogP contribution in [0.1, 0.15) is 32.1 Å². The molecule has 2 saturated heterocycles. The molecule has 2 fully saturated rings. The SMILES string of the molecule is O=C(O)CCC1CCCN(C(=O)C2CCNC2)C1. The third-order valence-electron chi connectivity index (χ3n) is 4.01. The number of hydrogen-bond donors (Lipinski definition) is 2. The molecule has 0 aromatic carbocycles. The number of carboxylic acids is 1. The first-order chi connectivity index (χ1) is 8.66. The van der Waals surface area contributed by atoms with Gasteiger partial charge in [-0.1, -0.05) is 0 Å². The van der Waals surface area contributed by atoms with E-state index in [0.29, 0.717) is 12.3 Å². The van der Waals surface area contributed by atoms with Gasteiger partial charge in [-0.2, -0.15) is 0 Å². The van der Waals surface area contributed by atoms with E-state index in [-0.39, 0.29) is 18.2 Å². The van der Waals surface area contributed by atoms with Gasteiger partial charge in [0.2, 0.25) is 5.91 Å². The Bertz CT molecular complexity index is 313. The van der Waals surface area contributed by atoms with Crippen molar-refractivity contribution in [1.82, 2.24) is 10.2 Å². The number of aliphatic carboxylic acids is 1. The third kappa shape index (κ3) is 3.45. The molecule has 5 nitrogen and oxygen atoms in total. The molecule has 0 saturated carbocycles. The van der Waals surface area contributed by atoms with E-state index in [1.165, 1.54) is 0 Å². The number of piperidine rings is 1. The molecule has 1 amide bonds. The lowest BCUT2D eigenvalue weighted by molar-refractivity contribution is -0.137. The van der Waals surface area contributed by atoms with Crippen LogP contribution in [0.15, 0.2) is 0 Å². The fraction of sp³-hybridized carbons (Fsp3) is 0.846. The van der Waals surface area contributed by atoms with Gasteiger partial charge < -0.3 is 15.3 Å². The Kier molecular flexibility index (Phi) is 4.58. The molecule has 0 spiro atoms. The van der Waals surface area contributed by atoms with E-state index >= 15 is 0 Å². The molecule has 2 heterocycles. The average molecular weight is 254 g/mol. The first-order valence-electron chi connectivity index (χ1n) is 6.88. The van der Waals surface area contributed by atoms with E-state index in [1.54, 1.807) is 0 Å². The number of nitrogens with zero attached hydrogens (tertiary/aromatic N) is 1. The zero-order chi connectivity index (χ0) is 13.0. The Morgan fingerprint density at radius 2 is 2.17 bits per heavy atom. The molecule has 0 aromatic heterocycles. The summed E-state index contributed by atoms with van der Waals surface area (Å²) in [4.78, 5) is 24.8. The predicted octanol–water partition coefficient (Wildman–Crippen LogP) is 0.699. The van der Waals surface area contributed by atoms with Crippen molar-refractivity contribution in [2.75, 3.05) is 26.2 Å². The Balaban J connectivity index is 1.81. The van der Waals surface area contributed by atoms with E-state index in [1.807, 2.05) is 4.90 Å². The van der Waals surface area contributed by atoms with Crippen molar-refractivity contribution in [3.8, 4) is 0 Å². The van der Waals surface area contributed by atoms with Gasteiger partial charge in [-0.25, -0.2) is 0 Å². The van der Waals surface area contributed by atoms with Gasteiger partial charge in [0.25, 0.3) is 0 Å². The maximum Gasteiger partial charge on any atom is 0.303 e. The number of nitrogens with one attached hydrogen (secondary N) is 1. The van der Waals surface area contributed by atoms with Crippen molar-refractivity contribution < 1.29 is 14.7 Å². The summed E-state index contributed by atoms with van der Waals surface area (Å²) >= 11 is 0. The topological polar surface area (TPSA) is 69.6 Å². The first kappa shape index (κ1) is 13.3. The van der Waals surface area contributed by atoms with Crippen LogP contribution in [0.5, 0.6) is 0 Å². The van der Waals surface area contributed by atoms with Crippen molar-refractivity contribution in [1.29, 1.82) is 0 Å². The molecule has 2 aliphatic rings. The highest BCUT2D eigenvalue weighted by atomic mass is 16.4. The van der Waals surface area contributed by atoms with Gasteiger partial charge >= 0.3 is 5.97 Å². The highest BCUT2D eigenvalue weighted by molar-refractivity contribution is 5.79. The van der Waals surface area contributed by atoms with Crippen molar-refractivity contribution in [3.05, 3.63) is 0 Å². The Hall–Kier alpha value is -1.10. The Morgan fingerprint density at radius 1 is 1.33 bits per heavy atom. The zero-order valence-electron chi connectivity index (χ0n) is 10.7. The number of carbonyl (C=O) groups is 2. The van der Waals surface area contributed by atoms with E-state index in [4.69, 9.17) is 5.11 Å². The van der Waals surface area contributed by atoms with Gasteiger partial charge in [0.15, 0.2) is 0 Å². The predicted molar refractivity (Wildman–Crippen MR) is 67.2 cm³/mol. The molecule has 2 rings (SSSR count). The maximum absolute atomic E-state index is 12.3. The smallest absolute Gasteiger partial charge is 0.303 e. The van der Waals surface area contributed by atoms with Crippen molar-refractivity contribution in [2.45, 2.75) is 32.1 Å². The molecule has 2 N–H and O–H groups in total. The van der Waals surface area contributed by atoms with Gasteiger partial charge in [-0.05, 0) is 38.1 Å². The molecular weight excluding hydrogens is 232 g/mol. The van der Waals surface area contributed by atoms with Crippen LogP contribution in [0, 0.1) is 11.8 Å². The minimum atomic E-state index is -0.738. The fourth-order valence-corrected chi connectivity index (χ4v) is 2.95. The van der Waals surface area contributed by atoms with Crippen LogP contribution in [-0.2, 0) is 9.59 Å². The van der Waals surface area contributed by atoms with Crippen LogP contribution in [0.4, 0.5) is 0 Å². The molecule has 5 heteroatoms. The Morgan fingerprint density at radius 3 is 2.83 bits per heavy atom. The van der Waals surface area contributed by atoms with Crippen molar-refractivity contribution in [3.63, 3.8) is 0 Å². The normalized spacial score (nSPS) is 28.3. The summed E-state index contributed by atoms with van der Waals surface area (Å²) in [7, 11) is 0. The Labute approximate surface area is 108 Å². The van der Waals surface area contributed by atoms with Gasteiger partial charge in [0.1, 0.15) is 0 Å². The third-order valence-corrected chi connectivity index (χ3v) is 4.01.